The van der Waals surface area contributed by atoms with Crippen LogP contribution < -0.4 is 5.73 Å². The van der Waals surface area contributed by atoms with Gasteiger partial charge in [0.15, 0.2) is 24.7 Å². The van der Waals surface area contributed by atoms with Crippen molar-refractivity contribution in [3.8, 4) is 0 Å². The van der Waals surface area contributed by atoms with Gasteiger partial charge >= 0.3 is 5.97 Å². The molecule has 0 aromatic heterocycles. The number of ether oxygens (including phenoxy) is 2. The summed E-state index contributed by atoms with van der Waals surface area (Å²) in [6.07, 6.45) is -30.5. The van der Waals surface area contributed by atoms with E-state index in [-0.39, 0.29) is 44.9 Å². The van der Waals surface area contributed by atoms with Crippen LogP contribution in [0.4, 0.5) is 35.1 Å². The largest absolute Gasteiger partial charge is 0.481 e. The summed E-state index contributed by atoms with van der Waals surface area (Å²) in [7, 11) is 0. The van der Waals surface area contributed by atoms with Crippen molar-refractivity contribution in [2.75, 3.05) is 0 Å². The Hall–Kier alpha value is -1.25. The number of rotatable bonds is 6. The molecule has 0 amide bonds. The lowest BCUT2D eigenvalue weighted by Gasteiger charge is -2.49. The molecule has 4 saturated carbocycles. The van der Waals surface area contributed by atoms with Gasteiger partial charge in [-0.05, 0) is 38.5 Å². The molecule has 0 radical (unpaired) electrons. The molecule has 0 heterocycles. The number of alkyl halides is 8. The second-order valence-corrected chi connectivity index (χ2v) is 11.4. The monoisotopic (exact) mass is 581 g/mol. The number of nitrogens with two attached hydrogens (primary N) is 1. The van der Waals surface area contributed by atoms with Crippen LogP contribution in [0, 0.1) is 17.8 Å². The zero-order valence-corrected chi connectivity index (χ0v) is 21.0. The smallest absolute Gasteiger partial charge is 0.306 e. The van der Waals surface area contributed by atoms with Gasteiger partial charge in [-0.15, -0.1) is 0 Å². The normalized spacial score (nSPS) is 53.3. The van der Waals surface area contributed by atoms with Crippen LogP contribution in [0.3, 0.4) is 0 Å². The number of hydrogen-bond donors (Lipinski definition) is 3. The van der Waals surface area contributed by atoms with Crippen LogP contribution in [-0.4, -0.2) is 102 Å². The predicted octanol–water partition coefficient (Wildman–Crippen LogP) is 3.61. The molecule has 0 aliphatic heterocycles. The van der Waals surface area contributed by atoms with Crippen LogP contribution in [0.25, 0.3) is 0 Å². The van der Waals surface area contributed by atoms with Crippen LogP contribution in [0.5, 0.6) is 0 Å². The van der Waals surface area contributed by atoms with Gasteiger partial charge in [0.25, 0.3) is 0 Å². The number of aliphatic carboxylic acids is 1. The maximum atomic E-state index is 15.2. The Morgan fingerprint density at radius 2 is 1.00 bits per heavy atom. The SMILES string of the molecule is NC1CCC(OC2C(F)C(F)C(C3C(F)C(F)C(OC4CCC(C(=O)O)CC4)C(F)C3F)C(F)C2F)CC1O. The number of hydrogen-bond acceptors (Lipinski definition) is 5. The Bertz CT molecular complexity index is 808. The molecule has 6 nitrogen and oxygen atoms in total. The number of carboxylic acids is 1. The Morgan fingerprint density at radius 1 is 0.615 bits per heavy atom. The molecule has 4 N–H and O–H groups in total. The molecule has 14 heteroatoms. The Balaban J connectivity index is 1.43. The Morgan fingerprint density at radius 3 is 1.38 bits per heavy atom. The summed E-state index contributed by atoms with van der Waals surface area (Å²) in [5.74, 6) is -7.08. The summed E-state index contributed by atoms with van der Waals surface area (Å²) < 4.78 is 131. The van der Waals surface area contributed by atoms with Crippen LogP contribution in [0.1, 0.15) is 44.9 Å². The van der Waals surface area contributed by atoms with Gasteiger partial charge < -0.3 is 25.4 Å². The third kappa shape index (κ3) is 6.04. The van der Waals surface area contributed by atoms with Crippen molar-refractivity contribution in [2.24, 2.45) is 23.5 Å². The average Bonchev–Trinajstić information content (AvgIpc) is 2.91. The van der Waals surface area contributed by atoms with Crippen LogP contribution in [0.2, 0.25) is 0 Å². The van der Waals surface area contributed by atoms with Gasteiger partial charge in [0, 0.05) is 24.3 Å². The van der Waals surface area contributed by atoms with Gasteiger partial charge in [-0.3, -0.25) is 4.79 Å². The highest BCUT2D eigenvalue weighted by Crippen LogP contribution is 2.48. The summed E-state index contributed by atoms with van der Waals surface area (Å²) in [5.41, 5.74) is 5.66. The van der Waals surface area contributed by atoms with Crippen LogP contribution >= 0.6 is 0 Å². The molecule has 4 rings (SSSR count). The number of aliphatic hydroxyl groups is 1. The number of halogens is 8. The third-order valence-electron chi connectivity index (χ3n) is 8.93. The second-order valence-electron chi connectivity index (χ2n) is 11.4. The molecule has 11 atom stereocenters. The summed E-state index contributed by atoms with van der Waals surface area (Å²) in [4.78, 5) is 11.1. The zero-order valence-electron chi connectivity index (χ0n) is 21.0. The van der Waals surface area contributed by atoms with Gasteiger partial charge in [0.1, 0.15) is 36.9 Å². The minimum absolute atomic E-state index is 0.0738. The highest BCUT2D eigenvalue weighted by Gasteiger charge is 2.64. The number of aliphatic hydroxyl groups excluding tert-OH is 1. The lowest BCUT2D eigenvalue weighted by Crippen LogP contribution is -2.65. The van der Waals surface area contributed by atoms with Crippen molar-refractivity contribution in [2.45, 2.75) is 131 Å². The van der Waals surface area contributed by atoms with Crippen molar-refractivity contribution in [3.05, 3.63) is 0 Å². The van der Waals surface area contributed by atoms with E-state index in [1.54, 1.807) is 0 Å². The van der Waals surface area contributed by atoms with Gasteiger partial charge in [-0.25, -0.2) is 35.1 Å². The lowest BCUT2D eigenvalue weighted by atomic mass is 9.66. The molecular formula is C25H35F8NO5. The fourth-order valence-corrected chi connectivity index (χ4v) is 6.57. The van der Waals surface area contributed by atoms with Crippen molar-refractivity contribution >= 4 is 5.97 Å². The molecule has 4 aliphatic rings. The van der Waals surface area contributed by atoms with Crippen molar-refractivity contribution in [3.63, 3.8) is 0 Å². The quantitative estimate of drug-likeness (QED) is 0.415. The topological polar surface area (TPSA) is 102 Å². The van der Waals surface area contributed by atoms with Gasteiger partial charge in [-0.1, -0.05) is 0 Å². The molecule has 4 aliphatic carbocycles. The summed E-state index contributed by atoms with van der Waals surface area (Å²) >= 11 is 0. The summed E-state index contributed by atoms with van der Waals surface area (Å²) in [5, 5.41) is 18.9. The molecule has 0 spiro atoms. The maximum absolute atomic E-state index is 15.2. The predicted molar refractivity (Wildman–Crippen MR) is 121 cm³/mol. The van der Waals surface area contributed by atoms with Crippen molar-refractivity contribution in [1.82, 2.24) is 0 Å². The summed E-state index contributed by atoms with van der Waals surface area (Å²) in [6, 6.07) is -0.602. The van der Waals surface area contributed by atoms with Crippen LogP contribution in [0.15, 0.2) is 0 Å². The average molecular weight is 582 g/mol. The Kier molecular flexibility index (Phi) is 9.70. The molecule has 11 unspecified atom stereocenters. The molecular weight excluding hydrogens is 546 g/mol. The second kappa shape index (κ2) is 12.3. The zero-order chi connectivity index (χ0) is 28.8. The van der Waals surface area contributed by atoms with Crippen molar-refractivity contribution < 1.29 is 59.6 Å². The minimum atomic E-state index is -3.03. The number of carbonyl (C=O) groups is 1. The van der Waals surface area contributed by atoms with Crippen LogP contribution in [-0.2, 0) is 14.3 Å². The van der Waals surface area contributed by atoms with Gasteiger partial charge in [-0.2, -0.15) is 0 Å². The first-order valence-corrected chi connectivity index (χ1v) is 13.4. The molecule has 0 bridgehead atoms. The molecule has 226 valence electrons. The summed E-state index contributed by atoms with van der Waals surface area (Å²) in [6.45, 7) is 0. The molecule has 4 fully saturated rings. The fourth-order valence-electron chi connectivity index (χ4n) is 6.57. The fraction of sp³-hybridized carbons (Fsp3) is 0.960. The highest BCUT2D eigenvalue weighted by molar-refractivity contribution is 5.70. The van der Waals surface area contributed by atoms with Crippen molar-refractivity contribution in [1.29, 1.82) is 0 Å². The van der Waals surface area contributed by atoms with E-state index in [9.17, 15) is 9.90 Å². The highest BCUT2D eigenvalue weighted by atomic mass is 19.2. The minimum Gasteiger partial charge on any atom is -0.481 e. The van der Waals surface area contributed by atoms with E-state index in [0.29, 0.717) is 0 Å². The van der Waals surface area contributed by atoms with E-state index in [0.717, 1.165) is 0 Å². The standard InChI is InChI=1S/C25H35F8NO5/c26-15-13(16(27)20(31)23(19(15)30)38-9-3-1-8(2-4-9)25(36)37)14-17(28)21(32)24(22(33)18(14)29)39-10-5-6-11(34)12(35)7-10/h8-24,35H,1-7,34H2,(H,36,37). The molecule has 0 aromatic carbocycles. The lowest BCUT2D eigenvalue weighted by molar-refractivity contribution is -0.216. The molecule has 0 aromatic rings. The molecule has 0 saturated heterocycles. The van der Waals surface area contributed by atoms with Gasteiger partial charge in [0.05, 0.1) is 24.2 Å². The molecule has 39 heavy (non-hydrogen) atoms. The Labute approximate surface area is 220 Å². The first kappa shape index (κ1) is 30.7. The maximum Gasteiger partial charge on any atom is 0.306 e. The van der Waals surface area contributed by atoms with E-state index in [4.69, 9.17) is 20.3 Å². The van der Waals surface area contributed by atoms with E-state index < -0.39 is 110 Å². The van der Waals surface area contributed by atoms with E-state index in [2.05, 4.69) is 0 Å². The third-order valence-corrected chi connectivity index (χ3v) is 8.93. The van der Waals surface area contributed by atoms with E-state index in [1.807, 2.05) is 0 Å². The van der Waals surface area contributed by atoms with E-state index in [1.165, 1.54) is 0 Å². The number of carboxylic acid groups (broad SMARTS) is 1. The van der Waals surface area contributed by atoms with E-state index >= 15 is 35.1 Å². The first-order valence-electron chi connectivity index (χ1n) is 13.4. The first-order chi connectivity index (χ1) is 18.3. The van der Waals surface area contributed by atoms with Gasteiger partial charge in [0.2, 0.25) is 0 Å².